The Balaban J connectivity index is 3.53. The van der Waals surface area contributed by atoms with E-state index in [-0.39, 0.29) is 5.92 Å². The van der Waals surface area contributed by atoms with Crippen molar-refractivity contribution in [3.05, 3.63) is 10.8 Å². The summed E-state index contributed by atoms with van der Waals surface area (Å²) in [7, 11) is 1.16. The van der Waals surface area contributed by atoms with Gasteiger partial charge in [0.25, 0.3) is 0 Å². The van der Waals surface area contributed by atoms with Crippen molar-refractivity contribution >= 4 is 20.0 Å². The van der Waals surface area contributed by atoms with Gasteiger partial charge in [-0.3, -0.25) is 9.59 Å². The molecule has 1 saturated carbocycles. The summed E-state index contributed by atoms with van der Waals surface area (Å²) in [6.07, 6.45) is 4.41. The average Bonchev–Trinajstić information content (AvgIpc) is 3.02. The molecule has 0 N–H and O–H groups in total. The van der Waals surface area contributed by atoms with Crippen LogP contribution in [0.4, 0.5) is 0 Å². The predicted molar refractivity (Wildman–Crippen MR) is 109 cm³/mol. The van der Waals surface area contributed by atoms with Gasteiger partial charge in [0.05, 0.1) is 22.3 Å². The highest BCUT2D eigenvalue weighted by Crippen LogP contribution is 2.51. The molecule has 0 aliphatic heterocycles. The lowest BCUT2D eigenvalue weighted by Gasteiger charge is -2.34. The third-order valence-corrected chi connectivity index (χ3v) is 12.6. The first-order valence-corrected chi connectivity index (χ1v) is 12.8. The summed E-state index contributed by atoms with van der Waals surface area (Å²) in [5, 5.41) is 1.62. The third kappa shape index (κ3) is 4.08. The topological polar surface area (TPSA) is 52.6 Å². The standard InChI is InChI=1S/C21H38O4Si/c1-8-12-13-18(26(9-2,10-3)11-4)17-15-21(14-16(17)5,19(22)24-6)20(23)25-7/h16H,8-15H2,1-7H3/b18-17+. The second-order valence-electron chi connectivity index (χ2n) is 7.80. The summed E-state index contributed by atoms with van der Waals surface area (Å²) < 4.78 is 10.1. The Morgan fingerprint density at radius 2 is 1.54 bits per heavy atom. The summed E-state index contributed by atoms with van der Waals surface area (Å²) in [5.41, 5.74) is 0.192. The maximum absolute atomic E-state index is 12.6. The largest absolute Gasteiger partial charge is 0.468 e. The van der Waals surface area contributed by atoms with Crippen LogP contribution >= 0.6 is 0 Å². The van der Waals surface area contributed by atoms with Crippen molar-refractivity contribution in [2.24, 2.45) is 11.3 Å². The van der Waals surface area contributed by atoms with Gasteiger partial charge in [0.1, 0.15) is 0 Å². The first-order valence-electron chi connectivity index (χ1n) is 10.2. The second kappa shape index (κ2) is 9.72. The van der Waals surface area contributed by atoms with Crippen LogP contribution in [-0.2, 0) is 19.1 Å². The number of methoxy groups -OCH3 is 2. The van der Waals surface area contributed by atoms with Crippen molar-refractivity contribution in [2.45, 2.75) is 84.9 Å². The second-order valence-corrected chi connectivity index (χ2v) is 13.1. The molecule has 0 bridgehead atoms. The zero-order valence-electron chi connectivity index (χ0n) is 17.9. The number of hydrogen-bond acceptors (Lipinski definition) is 4. The molecule has 150 valence electrons. The van der Waals surface area contributed by atoms with Crippen LogP contribution in [0.3, 0.4) is 0 Å². The molecular weight excluding hydrogens is 344 g/mol. The van der Waals surface area contributed by atoms with E-state index >= 15 is 0 Å². The van der Waals surface area contributed by atoms with Gasteiger partial charge in [-0.1, -0.05) is 76.4 Å². The van der Waals surface area contributed by atoms with Crippen molar-refractivity contribution < 1.29 is 19.1 Å². The minimum absolute atomic E-state index is 0.219. The zero-order valence-corrected chi connectivity index (χ0v) is 18.9. The fourth-order valence-electron chi connectivity index (χ4n) is 4.92. The molecule has 1 unspecified atom stereocenters. The smallest absolute Gasteiger partial charge is 0.323 e. The molecule has 0 aromatic carbocycles. The lowest BCUT2D eigenvalue weighted by Crippen LogP contribution is -2.39. The minimum Gasteiger partial charge on any atom is -0.468 e. The molecule has 1 atom stereocenters. The quantitative estimate of drug-likeness (QED) is 0.309. The summed E-state index contributed by atoms with van der Waals surface area (Å²) in [6.45, 7) is 11.3. The molecule has 0 aromatic rings. The Morgan fingerprint density at radius 3 is 1.92 bits per heavy atom. The summed E-state index contributed by atoms with van der Waals surface area (Å²) in [4.78, 5) is 25.2. The molecule has 1 rings (SSSR count). The Bertz CT molecular complexity index is 510. The molecule has 4 nitrogen and oxygen atoms in total. The predicted octanol–water partition coefficient (Wildman–Crippen LogP) is 5.28. The summed E-state index contributed by atoms with van der Waals surface area (Å²) >= 11 is 0. The van der Waals surface area contributed by atoms with E-state index in [1.54, 1.807) is 5.20 Å². The van der Waals surface area contributed by atoms with E-state index in [1.807, 2.05) is 0 Å². The normalized spacial score (nSPS) is 21.4. The van der Waals surface area contributed by atoms with E-state index in [2.05, 4.69) is 34.6 Å². The van der Waals surface area contributed by atoms with E-state index < -0.39 is 25.4 Å². The Kier molecular flexibility index (Phi) is 8.58. The SMILES string of the molecule is CCCC/C(=C1/CC(C(=O)OC)(C(=O)OC)CC1C)[Si](CC)(CC)CC. The molecule has 26 heavy (non-hydrogen) atoms. The molecule has 0 radical (unpaired) electrons. The lowest BCUT2D eigenvalue weighted by molar-refractivity contribution is -0.168. The van der Waals surface area contributed by atoms with E-state index in [0.29, 0.717) is 12.8 Å². The number of rotatable bonds is 9. The molecule has 0 spiro atoms. The number of esters is 2. The minimum atomic E-state index is -1.57. The van der Waals surface area contributed by atoms with Gasteiger partial charge in [-0.05, 0) is 25.2 Å². The average molecular weight is 383 g/mol. The number of allylic oxidation sites excluding steroid dienone is 2. The van der Waals surface area contributed by atoms with Crippen molar-refractivity contribution in [2.75, 3.05) is 14.2 Å². The first-order chi connectivity index (χ1) is 12.3. The van der Waals surface area contributed by atoms with Gasteiger partial charge in [0.2, 0.25) is 0 Å². The van der Waals surface area contributed by atoms with Crippen LogP contribution in [0.1, 0.15) is 66.7 Å². The molecule has 1 fully saturated rings. The van der Waals surface area contributed by atoms with E-state index in [1.165, 1.54) is 44.3 Å². The Hall–Kier alpha value is -1.10. The molecule has 1 aliphatic carbocycles. The van der Waals surface area contributed by atoms with E-state index in [4.69, 9.17) is 9.47 Å². The Labute approximate surface area is 160 Å². The van der Waals surface area contributed by atoms with Crippen LogP contribution in [0.25, 0.3) is 0 Å². The lowest BCUT2D eigenvalue weighted by atomic mass is 9.85. The monoisotopic (exact) mass is 382 g/mol. The molecule has 0 heterocycles. The number of hydrogen-bond donors (Lipinski definition) is 0. The van der Waals surface area contributed by atoms with Crippen molar-refractivity contribution in [1.82, 2.24) is 0 Å². The fourth-order valence-corrected chi connectivity index (χ4v) is 9.42. The third-order valence-electron chi connectivity index (χ3n) is 6.73. The molecule has 0 saturated heterocycles. The number of carbonyl (C=O) groups is 2. The highest BCUT2D eigenvalue weighted by atomic mass is 28.3. The fraction of sp³-hybridized carbons (Fsp3) is 0.810. The van der Waals surface area contributed by atoms with Gasteiger partial charge >= 0.3 is 11.9 Å². The highest BCUT2D eigenvalue weighted by molar-refractivity contribution is 6.86. The van der Waals surface area contributed by atoms with Gasteiger partial charge in [-0.25, -0.2) is 0 Å². The number of unbranched alkanes of at least 4 members (excludes halogenated alkanes) is 1. The first kappa shape index (κ1) is 22.9. The molecule has 0 aromatic heterocycles. The van der Waals surface area contributed by atoms with Crippen LogP contribution in [-0.4, -0.2) is 34.2 Å². The summed E-state index contributed by atoms with van der Waals surface area (Å²) in [6, 6.07) is 3.66. The molecule has 0 amide bonds. The highest BCUT2D eigenvalue weighted by Gasteiger charge is 2.55. The van der Waals surface area contributed by atoms with Crippen molar-refractivity contribution in [3.63, 3.8) is 0 Å². The van der Waals surface area contributed by atoms with Crippen LogP contribution in [0.15, 0.2) is 10.8 Å². The van der Waals surface area contributed by atoms with Crippen LogP contribution in [0.5, 0.6) is 0 Å². The van der Waals surface area contributed by atoms with E-state index in [0.717, 1.165) is 12.8 Å². The number of ether oxygens (including phenoxy) is 2. The van der Waals surface area contributed by atoms with Crippen LogP contribution in [0, 0.1) is 11.3 Å². The molecule has 5 heteroatoms. The maximum atomic E-state index is 12.6. The van der Waals surface area contributed by atoms with Crippen molar-refractivity contribution in [3.8, 4) is 0 Å². The summed E-state index contributed by atoms with van der Waals surface area (Å²) in [5.74, 6) is -0.674. The number of carbonyl (C=O) groups excluding carboxylic acids is 2. The molecular formula is C21H38O4Si. The van der Waals surface area contributed by atoms with Gasteiger partial charge in [0, 0.05) is 0 Å². The zero-order chi connectivity index (χ0) is 20.0. The van der Waals surface area contributed by atoms with Crippen molar-refractivity contribution in [1.29, 1.82) is 0 Å². The molecule has 1 aliphatic rings. The van der Waals surface area contributed by atoms with Gasteiger partial charge in [-0.2, -0.15) is 0 Å². The maximum Gasteiger partial charge on any atom is 0.323 e. The van der Waals surface area contributed by atoms with Crippen LogP contribution in [0.2, 0.25) is 18.1 Å². The van der Waals surface area contributed by atoms with Gasteiger partial charge in [-0.15, -0.1) is 0 Å². The Morgan fingerprint density at radius 1 is 1.04 bits per heavy atom. The van der Waals surface area contributed by atoms with Crippen LogP contribution < -0.4 is 0 Å². The van der Waals surface area contributed by atoms with Gasteiger partial charge in [0.15, 0.2) is 5.41 Å². The van der Waals surface area contributed by atoms with E-state index in [9.17, 15) is 9.59 Å². The van der Waals surface area contributed by atoms with Gasteiger partial charge < -0.3 is 9.47 Å².